The van der Waals surface area contributed by atoms with Gasteiger partial charge in [0.1, 0.15) is 5.75 Å². The van der Waals surface area contributed by atoms with Crippen molar-refractivity contribution in [3.63, 3.8) is 0 Å². The monoisotopic (exact) mass is 264 g/mol. The molecule has 6 heteroatoms. The van der Waals surface area contributed by atoms with Crippen molar-refractivity contribution in [2.24, 2.45) is 0 Å². The Kier molecular flexibility index (Phi) is 3.20. The van der Waals surface area contributed by atoms with Gasteiger partial charge in [0.05, 0.1) is 16.8 Å². The van der Waals surface area contributed by atoms with Gasteiger partial charge >= 0.3 is 0 Å². The average Bonchev–Trinajstić information content (AvgIpc) is 2.31. The Hall–Kier alpha value is -2.08. The molecule has 5 nitrogen and oxygen atoms in total. The van der Waals surface area contributed by atoms with E-state index < -0.39 is 9.84 Å². The lowest BCUT2D eigenvalue weighted by Gasteiger charge is -2.06. The van der Waals surface area contributed by atoms with Crippen molar-refractivity contribution in [3.05, 3.63) is 42.6 Å². The summed E-state index contributed by atoms with van der Waals surface area (Å²) >= 11 is 0. The zero-order valence-corrected chi connectivity index (χ0v) is 10.5. The van der Waals surface area contributed by atoms with E-state index in [-0.39, 0.29) is 4.90 Å². The largest absolute Gasteiger partial charge is 0.439 e. The van der Waals surface area contributed by atoms with Crippen LogP contribution < -0.4 is 10.5 Å². The number of nitrogens with zero attached hydrogens (tertiary/aromatic N) is 1. The van der Waals surface area contributed by atoms with Crippen molar-refractivity contribution < 1.29 is 13.2 Å². The maximum absolute atomic E-state index is 11.4. The lowest BCUT2D eigenvalue weighted by atomic mass is 10.3. The molecule has 2 rings (SSSR count). The highest BCUT2D eigenvalue weighted by Gasteiger charge is 2.08. The fourth-order valence-corrected chi connectivity index (χ4v) is 2.00. The number of hydrogen-bond acceptors (Lipinski definition) is 5. The van der Waals surface area contributed by atoms with E-state index >= 15 is 0 Å². The van der Waals surface area contributed by atoms with Gasteiger partial charge in [-0.15, -0.1) is 0 Å². The number of aromatic nitrogens is 1. The second-order valence-corrected chi connectivity index (χ2v) is 5.79. The number of anilines is 1. The Bertz CT molecular complexity index is 651. The summed E-state index contributed by atoms with van der Waals surface area (Å²) in [6.45, 7) is 0. The summed E-state index contributed by atoms with van der Waals surface area (Å²) in [5.41, 5.74) is 6.04. The quantitative estimate of drug-likeness (QED) is 0.915. The minimum Gasteiger partial charge on any atom is -0.439 e. The zero-order chi connectivity index (χ0) is 13.2. The molecule has 0 radical (unpaired) electrons. The van der Waals surface area contributed by atoms with Crippen LogP contribution in [0.25, 0.3) is 0 Å². The smallest absolute Gasteiger partial charge is 0.219 e. The first kappa shape index (κ1) is 12.4. The predicted molar refractivity (Wildman–Crippen MR) is 68.3 cm³/mol. The normalized spacial score (nSPS) is 11.2. The second kappa shape index (κ2) is 4.66. The molecule has 0 aliphatic carbocycles. The van der Waals surface area contributed by atoms with Crippen LogP contribution in [0.4, 0.5) is 5.69 Å². The van der Waals surface area contributed by atoms with E-state index in [9.17, 15) is 8.42 Å². The third-order valence-electron chi connectivity index (χ3n) is 2.22. The van der Waals surface area contributed by atoms with Crippen LogP contribution in [0.5, 0.6) is 11.6 Å². The van der Waals surface area contributed by atoms with Gasteiger partial charge in [-0.2, -0.15) is 0 Å². The van der Waals surface area contributed by atoms with E-state index in [0.29, 0.717) is 17.3 Å². The molecular weight excluding hydrogens is 252 g/mol. The van der Waals surface area contributed by atoms with Crippen molar-refractivity contribution in [2.45, 2.75) is 4.90 Å². The molecule has 0 saturated heterocycles. The van der Waals surface area contributed by atoms with Crippen LogP contribution >= 0.6 is 0 Å². The third kappa shape index (κ3) is 2.98. The molecule has 1 aromatic heterocycles. The highest BCUT2D eigenvalue weighted by atomic mass is 32.2. The zero-order valence-electron chi connectivity index (χ0n) is 9.70. The minimum atomic E-state index is -3.24. The van der Waals surface area contributed by atoms with Gasteiger partial charge in [-0.1, -0.05) is 6.07 Å². The Morgan fingerprint density at radius 3 is 2.61 bits per heavy atom. The fourth-order valence-electron chi connectivity index (χ4n) is 1.34. The van der Waals surface area contributed by atoms with Crippen molar-refractivity contribution in [1.29, 1.82) is 0 Å². The fraction of sp³-hybridized carbons (Fsp3) is 0.0833. The molecule has 0 saturated carbocycles. The summed E-state index contributed by atoms with van der Waals surface area (Å²) < 4.78 is 28.2. The first-order valence-corrected chi connectivity index (χ1v) is 7.04. The summed E-state index contributed by atoms with van der Waals surface area (Å²) in [5, 5.41) is 0. The van der Waals surface area contributed by atoms with Gasteiger partial charge in [0.25, 0.3) is 0 Å². The maximum Gasteiger partial charge on any atom is 0.219 e. The van der Waals surface area contributed by atoms with Crippen LogP contribution in [0.1, 0.15) is 0 Å². The molecule has 18 heavy (non-hydrogen) atoms. The van der Waals surface area contributed by atoms with Crippen LogP contribution in [-0.2, 0) is 9.84 Å². The van der Waals surface area contributed by atoms with Crippen LogP contribution in [0.3, 0.4) is 0 Å². The molecule has 0 spiro atoms. The summed E-state index contributed by atoms with van der Waals surface area (Å²) in [7, 11) is -3.24. The van der Waals surface area contributed by atoms with Gasteiger partial charge in [0, 0.05) is 12.3 Å². The molecule has 0 unspecified atom stereocenters. The van der Waals surface area contributed by atoms with Gasteiger partial charge in [-0.3, -0.25) is 0 Å². The van der Waals surface area contributed by atoms with Crippen LogP contribution in [0, 0.1) is 0 Å². The number of hydrogen-bond donors (Lipinski definition) is 1. The maximum atomic E-state index is 11.4. The summed E-state index contributed by atoms with van der Waals surface area (Å²) in [5.74, 6) is 0.769. The molecule has 0 aliphatic heterocycles. The predicted octanol–water partition coefficient (Wildman–Crippen LogP) is 1.86. The van der Waals surface area contributed by atoms with E-state index in [0.717, 1.165) is 6.26 Å². The number of nitrogens with two attached hydrogens (primary N) is 1. The number of benzene rings is 1. The molecule has 0 amide bonds. The highest BCUT2D eigenvalue weighted by molar-refractivity contribution is 7.90. The van der Waals surface area contributed by atoms with E-state index in [1.165, 1.54) is 18.3 Å². The molecule has 0 atom stereocenters. The Balaban J connectivity index is 2.27. The number of rotatable bonds is 3. The molecule has 2 N–H and O–H groups in total. The lowest BCUT2D eigenvalue weighted by molar-refractivity contribution is 0.461. The van der Waals surface area contributed by atoms with Gasteiger partial charge in [0.2, 0.25) is 5.88 Å². The Morgan fingerprint density at radius 1 is 1.22 bits per heavy atom. The highest BCUT2D eigenvalue weighted by Crippen LogP contribution is 2.22. The number of pyridine rings is 1. The van der Waals surface area contributed by atoms with Gasteiger partial charge in [-0.25, -0.2) is 13.4 Å². The average molecular weight is 264 g/mol. The second-order valence-electron chi connectivity index (χ2n) is 3.78. The summed E-state index contributed by atoms with van der Waals surface area (Å²) in [6, 6.07) is 9.51. The minimum absolute atomic E-state index is 0.204. The van der Waals surface area contributed by atoms with Gasteiger partial charge in [-0.05, 0) is 24.3 Å². The van der Waals surface area contributed by atoms with Crippen LogP contribution in [0.2, 0.25) is 0 Å². The topological polar surface area (TPSA) is 82.3 Å². The van der Waals surface area contributed by atoms with E-state index in [4.69, 9.17) is 10.5 Å². The summed E-state index contributed by atoms with van der Waals surface area (Å²) in [4.78, 5) is 4.17. The van der Waals surface area contributed by atoms with Crippen molar-refractivity contribution in [2.75, 3.05) is 12.0 Å². The lowest BCUT2D eigenvalue weighted by Crippen LogP contribution is -1.97. The van der Waals surface area contributed by atoms with Crippen molar-refractivity contribution in [3.8, 4) is 11.6 Å². The third-order valence-corrected chi connectivity index (χ3v) is 3.33. The molecule has 0 bridgehead atoms. The van der Waals surface area contributed by atoms with E-state index in [1.807, 2.05) is 0 Å². The number of nitrogen functional groups attached to an aromatic ring is 1. The van der Waals surface area contributed by atoms with E-state index in [2.05, 4.69) is 4.98 Å². The molecule has 2 aromatic rings. The van der Waals surface area contributed by atoms with E-state index in [1.54, 1.807) is 24.3 Å². The van der Waals surface area contributed by atoms with Gasteiger partial charge < -0.3 is 10.5 Å². The molecule has 0 fully saturated rings. The Labute approximate surface area is 105 Å². The number of sulfone groups is 1. The SMILES string of the molecule is CS(=O)(=O)c1cccc(Oc2ccc(N)cn2)c1. The first-order chi connectivity index (χ1) is 8.45. The standard InChI is InChI=1S/C12H12N2O3S/c1-18(15,16)11-4-2-3-10(7-11)17-12-6-5-9(13)8-14-12/h2-8H,13H2,1H3. The summed E-state index contributed by atoms with van der Waals surface area (Å²) in [6.07, 6.45) is 2.61. The van der Waals surface area contributed by atoms with Crippen LogP contribution in [-0.4, -0.2) is 19.7 Å². The van der Waals surface area contributed by atoms with Crippen LogP contribution in [0.15, 0.2) is 47.5 Å². The molecule has 1 heterocycles. The molecule has 94 valence electrons. The van der Waals surface area contributed by atoms with Crippen molar-refractivity contribution in [1.82, 2.24) is 4.98 Å². The van der Waals surface area contributed by atoms with Gasteiger partial charge in [0.15, 0.2) is 9.84 Å². The molecule has 1 aromatic carbocycles. The molecule has 0 aliphatic rings. The Morgan fingerprint density at radius 2 is 2.00 bits per heavy atom. The molecular formula is C12H12N2O3S. The first-order valence-electron chi connectivity index (χ1n) is 5.15. The number of ether oxygens (including phenoxy) is 1. The van der Waals surface area contributed by atoms with Crippen molar-refractivity contribution >= 4 is 15.5 Å².